The van der Waals surface area contributed by atoms with Crippen LogP contribution in [0.15, 0.2) is 17.5 Å². The first-order valence-corrected chi connectivity index (χ1v) is 8.67. The molecule has 1 aromatic heterocycles. The predicted octanol–water partition coefficient (Wildman–Crippen LogP) is 1.61. The molecule has 137 valence electrons. The first-order chi connectivity index (χ1) is 12.1. The molecule has 0 fully saturated rings. The zero-order chi connectivity index (χ0) is 19.6. The number of hydrogen-bond donors (Lipinski definition) is 4. The van der Waals surface area contributed by atoms with E-state index in [9.17, 15) is 19.5 Å². The third kappa shape index (κ3) is 3.82. The second-order valence-corrected chi connectivity index (χ2v) is 6.86. The first kappa shape index (κ1) is 19.8. The highest BCUT2D eigenvalue weighted by atomic mass is 32.1. The van der Waals surface area contributed by atoms with Crippen molar-refractivity contribution in [3.05, 3.63) is 40.3 Å². The Kier molecular flexibility index (Phi) is 5.91. The highest BCUT2D eigenvalue weighted by Gasteiger charge is 2.29. The third-order valence-electron chi connectivity index (χ3n) is 3.82. The number of rotatable bonds is 7. The highest BCUT2D eigenvalue weighted by molar-refractivity contribution is 7.13. The van der Waals surface area contributed by atoms with E-state index in [-0.39, 0.29) is 28.7 Å². The van der Waals surface area contributed by atoms with E-state index in [4.69, 9.17) is 16.6 Å². The summed E-state index contributed by atoms with van der Waals surface area (Å²) < 4.78 is 0. The number of hydrogen-bond acceptors (Lipinski definition) is 7. The summed E-state index contributed by atoms with van der Waals surface area (Å²) in [5, 5.41) is 21.5. The van der Waals surface area contributed by atoms with E-state index in [0.717, 1.165) is 0 Å². The van der Waals surface area contributed by atoms with Crippen molar-refractivity contribution >= 4 is 28.9 Å². The lowest BCUT2D eigenvalue weighted by molar-refractivity contribution is -0.138. The normalized spacial score (nSPS) is 13.2. The van der Waals surface area contributed by atoms with Gasteiger partial charge in [-0.2, -0.15) is 0 Å². The van der Waals surface area contributed by atoms with Gasteiger partial charge in [-0.25, -0.2) is 0 Å². The summed E-state index contributed by atoms with van der Waals surface area (Å²) >= 11 is 1.30. The summed E-state index contributed by atoms with van der Waals surface area (Å²) in [6.45, 7) is 2.66. The molecule has 0 saturated heterocycles. The summed E-state index contributed by atoms with van der Waals surface area (Å²) in [4.78, 5) is 36.5. The molecule has 0 saturated carbocycles. The van der Waals surface area contributed by atoms with E-state index in [1.807, 2.05) is 0 Å². The maximum absolute atomic E-state index is 12.6. The number of carboxylic acid groups (broad SMARTS) is 1. The Morgan fingerprint density at radius 3 is 2.38 bits per heavy atom. The molecular formula is C18H19N2O5S. The van der Waals surface area contributed by atoms with Crippen molar-refractivity contribution < 1.29 is 24.6 Å². The molecule has 0 spiro atoms. The summed E-state index contributed by atoms with van der Waals surface area (Å²) in [6.07, 6.45) is -0.220. The maximum atomic E-state index is 12.6. The predicted molar refractivity (Wildman–Crippen MR) is 97.6 cm³/mol. The van der Waals surface area contributed by atoms with Crippen LogP contribution < -0.4 is 11.5 Å². The Hall–Kier alpha value is -2.55. The van der Waals surface area contributed by atoms with Crippen LogP contribution in [0.25, 0.3) is 10.4 Å². The SMILES string of the molecule is CC(=O)c1c(CC(N)C(=O)O)[c]c(-c2cccs2)c(O)c1C(=O)C(C)N. The molecule has 2 aromatic rings. The topological polar surface area (TPSA) is 144 Å². The van der Waals surface area contributed by atoms with Gasteiger partial charge in [0, 0.05) is 16.0 Å². The number of aliphatic carboxylic acids is 1. The quantitative estimate of drug-likeness (QED) is 0.538. The van der Waals surface area contributed by atoms with E-state index in [1.165, 1.54) is 25.2 Å². The Morgan fingerprint density at radius 2 is 1.92 bits per heavy atom. The fourth-order valence-electron chi connectivity index (χ4n) is 2.58. The second kappa shape index (κ2) is 7.77. The average Bonchev–Trinajstić information content (AvgIpc) is 3.08. The first-order valence-electron chi connectivity index (χ1n) is 7.79. The van der Waals surface area contributed by atoms with Gasteiger partial charge in [0.25, 0.3) is 0 Å². The van der Waals surface area contributed by atoms with E-state index in [2.05, 4.69) is 6.07 Å². The van der Waals surface area contributed by atoms with Gasteiger partial charge >= 0.3 is 5.97 Å². The fraction of sp³-hybridized carbons (Fsp3) is 0.278. The summed E-state index contributed by atoms with van der Waals surface area (Å²) in [7, 11) is 0. The van der Waals surface area contributed by atoms with Crippen molar-refractivity contribution in [3.8, 4) is 16.2 Å². The Balaban J connectivity index is 2.82. The van der Waals surface area contributed by atoms with Crippen LogP contribution in [0, 0.1) is 6.07 Å². The molecule has 6 N–H and O–H groups in total. The zero-order valence-corrected chi connectivity index (χ0v) is 15.1. The second-order valence-electron chi connectivity index (χ2n) is 5.91. The van der Waals surface area contributed by atoms with Crippen LogP contribution in [0.5, 0.6) is 5.75 Å². The van der Waals surface area contributed by atoms with Gasteiger partial charge in [0.2, 0.25) is 0 Å². The highest BCUT2D eigenvalue weighted by Crippen LogP contribution is 2.39. The molecule has 7 nitrogen and oxygen atoms in total. The largest absolute Gasteiger partial charge is 0.506 e. The number of carboxylic acids is 1. The number of phenolic OH excluding ortho intramolecular Hbond substituents is 1. The Bertz CT molecular complexity index is 859. The molecular weight excluding hydrogens is 356 g/mol. The van der Waals surface area contributed by atoms with Crippen LogP contribution in [0.4, 0.5) is 0 Å². The molecule has 2 rings (SSSR count). The van der Waals surface area contributed by atoms with Gasteiger partial charge in [0.1, 0.15) is 11.8 Å². The van der Waals surface area contributed by atoms with E-state index in [0.29, 0.717) is 4.88 Å². The smallest absolute Gasteiger partial charge is 0.320 e. The van der Waals surface area contributed by atoms with Gasteiger partial charge in [-0.05, 0) is 43.3 Å². The molecule has 0 aliphatic rings. The molecule has 2 unspecified atom stereocenters. The molecule has 1 aromatic carbocycles. The summed E-state index contributed by atoms with van der Waals surface area (Å²) in [5.41, 5.74) is 11.3. The number of nitrogens with two attached hydrogens (primary N) is 2. The van der Waals surface area contributed by atoms with Crippen LogP contribution in [0.2, 0.25) is 0 Å². The number of ketones is 2. The molecule has 1 heterocycles. The summed E-state index contributed by atoms with van der Waals surface area (Å²) in [6, 6.07) is 4.10. The standard InChI is InChI=1S/C18H19N2O5S/c1-8(19)16(22)15-14(9(2)21)10(7-12(20)18(24)25)6-11(17(15)23)13-4-3-5-26-13/h3-5,8,12,23H,7,19-20H2,1-2H3,(H,24,25). The van der Waals surface area contributed by atoms with Crippen LogP contribution in [-0.4, -0.2) is 39.8 Å². The monoisotopic (exact) mass is 375 g/mol. The van der Waals surface area contributed by atoms with Gasteiger partial charge in [0.05, 0.1) is 11.6 Å². The van der Waals surface area contributed by atoms with E-state index < -0.39 is 35.4 Å². The Morgan fingerprint density at radius 1 is 1.27 bits per heavy atom. The fourth-order valence-corrected chi connectivity index (χ4v) is 3.31. The van der Waals surface area contributed by atoms with Gasteiger partial charge < -0.3 is 21.7 Å². The Labute approximate surface area is 154 Å². The number of carbonyl (C=O) groups is 3. The van der Waals surface area contributed by atoms with Crippen molar-refractivity contribution in [2.45, 2.75) is 32.4 Å². The molecule has 8 heteroatoms. The van der Waals surface area contributed by atoms with Gasteiger partial charge in [-0.3, -0.25) is 14.4 Å². The average molecular weight is 375 g/mol. The minimum Gasteiger partial charge on any atom is -0.506 e. The molecule has 2 atom stereocenters. The lowest BCUT2D eigenvalue weighted by atomic mass is 9.87. The van der Waals surface area contributed by atoms with E-state index >= 15 is 0 Å². The molecule has 1 radical (unpaired) electrons. The van der Waals surface area contributed by atoms with Crippen molar-refractivity contribution in [1.29, 1.82) is 0 Å². The van der Waals surface area contributed by atoms with Crippen LogP contribution >= 0.6 is 11.3 Å². The lowest BCUT2D eigenvalue weighted by Crippen LogP contribution is -2.34. The van der Waals surface area contributed by atoms with Crippen LogP contribution in [0.1, 0.15) is 40.1 Å². The number of Topliss-reactive ketones (excluding diaryl/α,β-unsaturated/α-hetero) is 2. The van der Waals surface area contributed by atoms with Crippen LogP contribution in [-0.2, 0) is 11.2 Å². The number of thiophene rings is 1. The number of benzene rings is 1. The van der Waals surface area contributed by atoms with Crippen molar-refractivity contribution in [2.24, 2.45) is 11.5 Å². The number of aromatic hydroxyl groups is 1. The molecule has 0 aliphatic heterocycles. The lowest BCUT2D eigenvalue weighted by Gasteiger charge is -2.18. The van der Waals surface area contributed by atoms with Crippen molar-refractivity contribution in [2.75, 3.05) is 0 Å². The molecule has 0 amide bonds. The molecule has 0 aliphatic carbocycles. The number of carbonyl (C=O) groups excluding carboxylic acids is 2. The van der Waals surface area contributed by atoms with Crippen molar-refractivity contribution in [1.82, 2.24) is 0 Å². The number of phenols is 1. The third-order valence-corrected chi connectivity index (χ3v) is 4.71. The van der Waals surface area contributed by atoms with Crippen LogP contribution in [0.3, 0.4) is 0 Å². The minimum absolute atomic E-state index is 0.0955. The van der Waals surface area contributed by atoms with Gasteiger partial charge in [-0.1, -0.05) is 6.07 Å². The molecule has 26 heavy (non-hydrogen) atoms. The zero-order valence-electron chi connectivity index (χ0n) is 14.3. The molecule has 0 bridgehead atoms. The van der Waals surface area contributed by atoms with Gasteiger partial charge in [-0.15, -0.1) is 11.3 Å². The minimum atomic E-state index is -1.29. The summed E-state index contributed by atoms with van der Waals surface area (Å²) in [5.74, 6) is -2.78. The maximum Gasteiger partial charge on any atom is 0.320 e. The van der Waals surface area contributed by atoms with Crippen molar-refractivity contribution in [3.63, 3.8) is 0 Å². The van der Waals surface area contributed by atoms with Gasteiger partial charge in [0.15, 0.2) is 11.6 Å². The van der Waals surface area contributed by atoms with E-state index in [1.54, 1.807) is 17.5 Å².